The fourth-order valence-corrected chi connectivity index (χ4v) is 3.67. The number of fused-ring (bicyclic) bond motifs is 1. The van der Waals surface area contributed by atoms with E-state index < -0.39 is 0 Å². The van der Waals surface area contributed by atoms with Crippen molar-refractivity contribution in [1.29, 1.82) is 0 Å². The Balaban J connectivity index is 1.57. The molecule has 1 aromatic carbocycles. The molecule has 2 aliphatic rings. The Kier molecular flexibility index (Phi) is 5.07. The molecule has 0 bridgehead atoms. The van der Waals surface area contributed by atoms with Crippen LogP contribution < -0.4 is 9.64 Å². The van der Waals surface area contributed by atoms with Crippen LogP contribution in [0, 0.1) is 0 Å². The van der Waals surface area contributed by atoms with E-state index in [0.717, 1.165) is 61.3 Å². The lowest BCUT2D eigenvalue weighted by molar-refractivity contribution is 0.242. The second-order valence-electron chi connectivity index (χ2n) is 7.33. The summed E-state index contributed by atoms with van der Waals surface area (Å²) in [5.74, 6) is 1.87. The molecular formula is C21H27N5O. The molecule has 0 radical (unpaired) electrons. The topological polar surface area (TPSA) is 53.9 Å². The van der Waals surface area contributed by atoms with E-state index in [2.05, 4.69) is 44.9 Å². The third kappa shape index (κ3) is 3.81. The molecule has 6 heteroatoms. The third-order valence-electron chi connectivity index (χ3n) is 5.15. The predicted molar refractivity (Wildman–Crippen MR) is 108 cm³/mol. The number of likely N-dealkylation sites (N-methyl/N-ethyl adjacent to an activating group) is 1. The van der Waals surface area contributed by atoms with Gasteiger partial charge in [0.2, 0.25) is 0 Å². The molecule has 6 nitrogen and oxygen atoms in total. The summed E-state index contributed by atoms with van der Waals surface area (Å²) in [6, 6.07) is 8.29. The van der Waals surface area contributed by atoms with Crippen molar-refractivity contribution in [3.8, 4) is 5.75 Å². The van der Waals surface area contributed by atoms with E-state index in [1.54, 1.807) is 6.33 Å². The third-order valence-corrected chi connectivity index (χ3v) is 5.15. The molecule has 1 aromatic heterocycles. The predicted octanol–water partition coefficient (Wildman–Crippen LogP) is 2.76. The highest BCUT2D eigenvalue weighted by molar-refractivity contribution is 6.14. The summed E-state index contributed by atoms with van der Waals surface area (Å²) in [5, 5.41) is 0. The zero-order valence-corrected chi connectivity index (χ0v) is 16.4. The van der Waals surface area contributed by atoms with Crippen LogP contribution in [0.5, 0.6) is 5.75 Å². The van der Waals surface area contributed by atoms with Crippen LogP contribution in [0.15, 0.2) is 35.6 Å². The second-order valence-corrected chi connectivity index (χ2v) is 7.33. The maximum Gasteiger partial charge on any atom is 0.132 e. The standard InChI is InChI=1S/C21H27N5O/c1-4-25-7-9-26(10-8-25)20-12-19(23-14-24-20)21-18-11-17(27-15(2)3)6-5-16(18)13-22-21/h5-6,11-12,14-15H,4,7-10,13H2,1-3H3. The average molecular weight is 365 g/mol. The molecule has 0 atom stereocenters. The molecule has 0 N–H and O–H groups in total. The van der Waals surface area contributed by atoms with Crippen molar-refractivity contribution in [1.82, 2.24) is 14.9 Å². The molecule has 0 spiro atoms. The van der Waals surface area contributed by atoms with Gasteiger partial charge in [-0.25, -0.2) is 9.97 Å². The minimum absolute atomic E-state index is 0.150. The van der Waals surface area contributed by atoms with Crippen molar-refractivity contribution in [2.75, 3.05) is 37.6 Å². The van der Waals surface area contributed by atoms with E-state index in [4.69, 9.17) is 9.73 Å². The first kappa shape index (κ1) is 17.9. The van der Waals surface area contributed by atoms with Gasteiger partial charge in [-0.2, -0.15) is 0 Å². The van der Waals surface area contributed by atoms with Crippen LogP contribution in [0.2, 0.25) is 0 Å². The van der Waals surface area contributed by atoms with Crippen molar-refractivity contribution in [3.05, 3.63) is 47.4 Å². The molecule has 2 aromatic rings. The summed E-state index contributed by atoms with van der Waals surface area (Å²) in [5.41, 5.74) is 4.17. The minimum atomic E-state index is 0.150. The molecule has 27 heavy (non-hydrogen) atoms. The number of anilines is 1. The zero-order chi connectivity index (χ0) is 18.8. The Morgan fingerprint density at radius 1 is 1.07 bits per heavy atom. The number of benzene rings is 1. The first-order chi connectivity index (χ1) is 13.1. The molecule has 0 amide bonds. The molecule has 0 unspecified atom stereocenters. The van der Waals surface area contributed by atoms with Gasteiger partial charge in [0, 0.05) is 37.8 Å². The minimum Gasteiger partial charge on any atom is -0.491 e. The number of hydrogen-bond acceptors (Lipinski definition) is 6. The molecule has 1 fully saturated rings. The van der Waals surface area contributed by atoms with Gasteiger partial charge in [0.25, 0.3) is 0 Å². The summed E-state index contributed by atoms with van der Waals surface area (Å²) < 4.78 is 5.86. The van der Waals surface area contributed by atoms with Gasteiger partial charge in [-0.15, -0.1) is 0 Å². The largest absolute Gasteiger partial charge is 0.491 e. The quantitative estimate of drug-likeness (QED) is 0.815. The molecule has 3 heterocycles. The van der Waals surface area contributed by atoms with Gasteiger partial charge in [-0.3, -0.25) is 4.99 Å². The van der Waals surface area contributed by atoms with E-state index in [-0.39, 0.29) is 6.10 Å². The van der Waals surface area contributed by atoms with Gasteiger partial charge in [0.05, 0.1) is 24.1 Å². The van der Waals surface area contributed by atoms with Gasteiger partial charge in [-0.05, 0) is 38.1 Å². The smallest absolute Gasteiger partial charge is 0.132 e. The lowest BCUT2D eigenvalue weighted by Crippen LogP contribution is -2.46. The van der Waals surface area contributed by atoms with Gasteiger partial charge in [0.15, 0.2) is 0 Å². The van der Waals surface area contributed by atoms with Crippen LogP contribution in [0.25, 0.3) is 0 Å². The Morgan fingerprint density at radius 3 is 2.63 bits per heavy atom. The first-order valence-corrected chi connectivity index (χ1v) is 9.78. The highest BCUT2D eigenvalue weighted by atomic mass is 16.5. The fraction of sp³-hybridized carbons (Fsp3) is 0.476. The number of hydrogen-bond donors (Lipinski definition) is 0. The van der Waals surface area contributed by atoms with Crippen LogP contribution in [-0.2, 0) is 6.54 Å². The zero-order valence-electron chi connectivity index (χ0n) is 16.4. The van der Waals surface area contributed by atoms with Crippen LogP contribution in [0.4, 0.5) is 5.82 Å². The second kappa shape index (κ2) is 7.64. The van der Waals surface area contributed by atoms with Crippen LogP contribution in [0.3, 0.4) is 0 Å². The monoisotopic (exact) mass is 365 g/mol. The van der Waals surface area contributed by atoms with Crippen molar-refractivity contribution >= 4 is 11.5 Å². The van der Waals surface area contributed by atoms with Crippen molar-refractivity contribution in [2.24, 2.45) is 4.99 Å². The van der Waals surface area contributed by atoms with E-state index in [1.807, 2.05) is 19.9 Å². The maximum absolute atomic E-state index is 5.86. The van der Waals surface area contributed by atoms with Crippen LogP contribution in [-0.4, -0.2) is 59.4 Å². The van der Waals surface area contributed by atoms with E-state index in [0.29, 0.717) is 6.54 Å². The Bertz CT molecular complexity index is 840. The van der Waals surface area contributed by atoms with Gasteiger partial charge in [-0.1, -0.05) is 13.0 Å². The highest BCUT2D eigenvalue weighted by Gasteiger charge is 2.22. The Hall–Kier alpha value is -2.47. The number of aromatic nitrogens is 2. The van der Waals surface area contributed by atoms with E-state index in [9.17, 15) is 0 Å². The maximum atomic E-state index is 5.86. The fourth-order valence-electron chi connectivity index (χ4n) is 3.67. The molecule has 4 rings (SSSR count). The van der Waals surface area contributed by atoms with Crippen molar-refractivity contribution < 1.29 is 4.74 Å². The Morgan fingerprint density at radius 2 is 1.89 bits per heavy atom. The molecule has 1 saturated heterocycles. The van der Waals surface area contributed by atoms with E-state index >= 15 is 0 Å². The van der Waals surface area contributed by atoms with Gasteiger partial charge in [0.1, 0.15) is 17.9 Å². The highest BCUT2D eigenvalue weighted by Crippen LogP contribution is 2.28. The molecular weight excluding hydrogens is 338 g/mol. The SMILES string of the molecule is CCN1CCN(c2cc(C3=NCc4ccc(OC(C)C)cc43)ncn2)CC1. The van der Waals surface area contributed by atoms with Gasteiger partial charge >= 0.3 is 0 Å². The number of ether oxygens (including phenoxy) is 1. The van der Waals surface area contributed by atoms with E-state index in [1.165, 1.54) is 5.56 Å². The first-order valence-electron chi connectivity index (χ1n) is 9.78. The normalized spacial score (nSPS) is 17.2. The summed E-state index contributed by atoms with van der Waals surface area (Å²) in [6.45, 7) is 12.3. The van der Waals surface area contributed by atoms with Crippen LogP contribution in [0.1, 0.15) is 37.6 Å². The Labute approximate surface area is 160 Å². The van der Waals surface area contributed by atoms with Crippen molar-refractivity contribution in [3.63, 3.8) is 0 Å². The molecule has 0 saturated carbocycles. The molecule has 0 aliphatic carbocycles. The summed E-state index contributed by atoms with van der Waals surface area (Å²) >= 11 is 0. The number of piperazine rings is 1. The number of aliphatic imine (C=N–C) groups is 1. The lowest BCUT2D eigenvalue weighted by Gasteiger charge is -2.34. The summed E-state index contributed by atoms with van der Waals surface area (Å²) in [4.78, 5) is 18.6. The lowest BCUT2D eigenvalue weighted by atomic mass is 10.0. The van der Waals surface area contributed by atoms with Gasteiger partial charge < -0.3 is 14.5 Å². The molecule has 142 valence electrons. The van der Waals surface area contributed by atoms with Crippen LogP contribution >= 0.6 is 0 Å². The molecule has 2 aliphatic heterocycles. The average Bonchev–Trinajstić information content (AvgIpc) is 3.11. The summed E-state index contributed by atoms with van der Waals surface area (Å²) in [7, 11) is 0. The van der Waals surface area contributed by atoms with Crippen molar-refractivity contribution in [2.45, 2.75) is 33.4 Å². The number of rotatable bonds is 5. The summed E-state index contributed by atoms with van der Waals surface area (Å²) in [6.07, 6.45) is 1.81. The number of nitrogens with zero attached hydrogens (tertiary/aromatic N) is 5.